The highest BCUT2D eigenvalue weighted by atomic mass is 32.1. The molecule has 2 aliphatic rings. The molecule has 8 nitrogen and oxygen atoms in total. The van der Waals surface area contributed by atoms with E-state index < -0.39 is 0 Å². The Labute approximate surface area is 153 Å². The van der Waals surface area contributed by atoms with Gasteiger partial charge in [-0.15, -0.1) is 0 Å². The fourth-order valence-corrected chi connectivity index (χ4v) is 3.11. The van der Waals surface area contributed by atoms with Crippen LogP contribution < -0.4 is 20.4 Å². The highest BCUT2D eigenvalue weighted by molar-refractivity contribution is 7.80. The quantitative estimate of drug-likeness (QED) is 0.754. The van der Waals surface area contributed by atoms with Crippen LogP contribution in [0.3, 0.4) is 0 Å². The molecule has 0 saturated carbocycles. The van der Waals surface area contributed by atoms with Gasteiger partial charge < -0.3 is 29.9 Å². The summed E-state index contributed by atoms with van der Waals surface area (Å²) in [5, 5.41) is 6.81. The van der Waals surface area contributed by atoms with Gasteiger partial charge in [0, 0.05) is 38.3 Å². The number of thiocarbonyl (C=S) groups is 1. The third kappa shape index (κ3) is 5.13. The second-order valence-electron chi connectivity index (χ2n) is 6.36. The van der Waals surface area contributed by atoms with Crippen LogP contribution in [-0.4, -0.2) is 73.7 Å². The van der Waals surface area contributed by atoms with Gasteiger partial charge in [-0.25, -0.2) is 0 Å². The molecule has 3 heterocycles. The highest BCUT2D eigenvalue weighted by Crippen LogP contribution is 2.23. The summed E-state index contributed by atoms with van der Waals surface area (Å²) in [6.45, 7) is 10.2. The van der Waals surface area contributed by atoms with Crippen molar-refractivity contribution in [3.63, 3.8) is 0 Å². The van der Waals surface area contributed by atoms with Gasteiger partial charge in [-0.05, 0) is 26.1 Å². The van der Waals surface area contributed by atoms with Crippen molar-refractivity contribution in [3.05, 3.63) is 6.07 Å². The number of rotatable bonds is 4. The van der Waals surface area contributed by atoms with Crippen LogP contribution in [0.1, 0.15) is 13.8 Å². The van der Waals surface area contributed by atoms with Gasteiger partial charge in [-0.1, -0.05) is 0 Å². The van der Waals surface area contributed by atoms with E-state index in [1.807, 2.05) is 19.9 Å². The van der Waals surface area contributed by atoms with E-state index in [2.05, 4.69) is 30.4 Å². The largest absolute Gasteiger partial charge is 0.378 e. The van der Waals surface area contributed by atoms with E-state index in [4.69, 9.17) is 21.7 Å². The normalized spacial score (nSPS) is 18.4. The number of morpholine rings is 2. The third-order valence-electron chi connectivity index (χ3n) is 4.01. The summed E-state index contributed by atoms with van der Waals surface area (Å²) < 4.78 is 10.9. The molecule has 0 unspecified atom stereocenters. The monoisotopic (exact) mass is 366 g/mol. The zero-order valence-electron chi connectivity index (χ0n) is 14.8. The second-order valence-corrected chi connectivity index (χ2v) is 6.77. The van der Waals surface area contributed by atoms with Crippen LogP contribution in [0.15, 0.2) is 6.07 Å². The molecule has 138 valence electrons. The molecule has 2 N–H and O–H groups in total. The van der Waals surface area contributed by atoms with E-state index in [0.29, 0.717) is 37.5 Å². The summed E-state index contributed by atoms with van der Waals surface area (Å²) in [5.74, 6) is 2.31. The Kier molecular flexibility index (Phi) is 6.22. The van der Waals surface area contributed by atoms with Crippen molar-refractivity contribution in [1.82, 2.24) is 15.3 Å². The molecule has 3 rings (SSSR count). The third-order valence-corrected chi connectivity index (χ3v) is 4.23. The van der Waals surface area contributed by atoms with Gasteiger partial charge in [0.25, 0.3) is 0 Å². The highest BCUT2D eigenvalue weighted by Gasteiger charge is 2.19. The summed E-state index contributed by atoms with van der Waals surface area (Å²) >= 11 is 5.34. The Morgan fingerprint density at radius 1 is 1.00 bits per heavy atom. The zero-order valence-corrected chi connectivity index (χ0v) is 15.6. The Hall–Kier alpha value is -1.71. The van der Waals surface area contributed by atoms with Gasteiger partial charge in [-0.3, -0.25) is 0 Å². The Morgan fingerprint density at radius 2 is 1.48 bits per heavy atom. The average molecular weight is 366 g/mol. The molecule has 2 saturated heterocycles. The van der Waals surface area contributed by atoms with Crippen molar-refractivity contribution >= 4 is 34.9 Å². The second kappa shape index (κ2) is 8.59. The van der Waals surface area contributed by atoms with E-state index in [9.17, 15) is 0 Å². The van der Waals surface area contributed by atoms with Gasteiger partial charge in [0.1, 0.15) is 11.6 Å². The predicted molar refractivity (Wildman–Crippen MR) is 103 cm³/mol. The van der Waals surface area contributed by atoms with Gasteiger partial charge in [0.05, 0.1) is 26.4 Å². The average Bonchev–Trinajstić information content (AvgIpc) is 2.62. The van der Waals surface area contributed by atoms with Crippen LogP contribution in [0.5, 0.6) is 0 Å². The van der Waals surface area contributed by atoms with E-state index in [1.165, 1.54) is 0 Å². The van der Waals surface area contributed by atoms with Crippen LogP contribution >= 0.6 is 12.2 Å². The van der Waals surface area contributed by atoms with E-state index in [0.717, 1.165) is 37.8 Å². The van der Waals surface area contributed by atoms with Gasteiger partial charge in [-0.2, -0.15) is 9.97 Å². The molecule has 25 heavy (non-hydrogen) atoms. The lowest BCUT2D eigenvalue weighted by atomic mass is 10.3. The van der Waals surface area contributed by atoms with Gasteiger partial charge in [0.2, 0.25) is 5.95 Å². The summed E-state index contributed by atoms with van der Waals surface area (Å²) in [7, 11) is 0. The van der Waals surface area contributed by atoms with E-state index in [1.54, 1.807) is 0 Å². The molecule has 1 aromatic heterocycles. The zero-order chi connectivity index (χ0) is 17.6. The standard InChI is InChI=1S/C16H26N6O2S/c1-12(2)17-16(25)20-15-18-13(21-3-7-23-8-4-21)11-14(19-15)22-5-9-24-10-6-22/h11-12H,3-10H2,1-2H3,(H2,17,18,19,20,25). The van der Waals surface area contributed by atoms with Crippen LogP contribution in [0.2, 0.25) is 0 Å². The van der Waals surface area contributed by atoms with Crippen molar-refractivity contribution in [1.29, 1.82) is 0 Å². The first-order valence-corrected chi connectivity index (χ1v) is 9.14. The lowest BCUT2D eigenvalue weighted by Gasteiger charge is -2.31. The molecule has 0 radical (unpaired) electrons. The van der Waals surface area contributed by atoms with Crippen LogP contribution in [-0.2, 0) is 9.47 Å². The fraction of sp³-hybridized carbons (Fsp3) is 0.688. The molecular weight excluding hydrogens is 340 g/mol. The molecule has 0 aliphatic carbocycles. The molecular formula is C16H26N6O2S. The van der Waals surface area contributed by atoms with Crippen molar-refractivity contribution in [2.75, 3.05) is 67.7 Å². The molecule has 0 amide bonds. The SMILES string of the molecule is CC(C)NC(=S)Nc1nc(N2CCOCC2)cc(N2CCOCC2)n1. The number of anilines is 3. The van der Waals surface area contributed by atoms with Crippen LogP contribution in [0.4, 0.5) is 17.6 Å². The van der Waals surface area contributed by atoms with Crippen LogP contribution in [0.25, 0.3) is 0 Å². The number of hydrogen-bond donors (Lipinski definition) is 2. The number of ether oxygens (including phenoxy) is 2. The Morgan fingerprint density at radius 3 is 1.92 bits per heavy atom. The van der Waals surface area contributed by atoms with Crippen molar-refractivity contribution in [2.45, 2.75) is 19.9 Å². The van der Waals surface area contributed by atoms with Gasteiger partial charge in [0.15, 0.2) is 5.11 Å². The first kappa shape index (κ1) is 18.1. The summed E-state index contributed by atoms with van der Waals surface area (Å²) in [6.07, 6.45) is 0. The molecule has 9 heteroatoms. The fourth-order valence-electron chi connectivity index (χ4n) is 2.79. The molecule has 1 aromatic rings. The Balaban J connectivity index is 1.83. The molecule has 0 spiro atoms. The maximum absolute atomic E-state index is 5.45. The first-order chi connectivity index (χ1) is 12.1. The maximum Gasteiger partial charge on any atom is 0.232 e. The Bertz CT molecular complexity index is 552. The number of aromatic nitrogens is 2. The smallest absolute Gasteiger partial charge is 0.232 e. The van der Waals surface area contributed by atoms with E-state index >= 15 is 0 Å². The summed E-state index contributed by atoms with van der Waals surface area (Å²) in [5.41, 5.74) is 0. The minimum atomic E-state index is 0.251. The van der Waals surface area contributed by atoms with Crippen LogP contribution in [0, 0.1) is 0 Å². The van der Waals surface area contributed by atoms with Crippen molar-refractivity contribution in [3.8, 4) is 0 Å². The van der Waals surface area contributed by atoms with Crippen molar-refractivity contribution in [2.24, 2.45) is 0 Å². The molecule has 2 fully saturated rings. The summed E-state index contributed by atoms with van der Waals surface area (Å²) in [4.78, 5) is 13.8. The lowest BCUT2D eigenvalue weighted by molar-refractivity contribution is 0.122. The molecule has 0 bridgehead atoms. The minimum absolute atomic E-state index is 0.251. The van der Waals surface area contributed by atoms with Gasteiger partial charge >= 0.3 is 0 Å². The maximum atomic E-state index is 5.45. The number of nitrogens with one attached hydrogen (secondary N) is 2. The topological polar surface area (TPSA) is 74.8 Å². The number of hydrogen-bond acceptors (Lipinski definition) is 7. The molecule has 0 aromatic carbocycles. The summed E-state index contributed by atoms with van der Waals surface area (Å²) in [6, 6.07) is 2.29. The van der Waals surface area contributed by atoms with Crippen molar-refractivity contribution < 1.29 is 9.47 Å². The minimum Gasteiger partial charge on any atom is -0.378 e. The first-order valence-electron chi connectivity index (χ1n) is 8.74. The molecule has 0 atom stereocenters. The molecule has 2 aliphatic heterocycles. The lowest BCUT2D eigenvalue weighted by Crippen LogP contribution is -2.39. The van der Waals surface area contributed by atoms with E-state index in [-0.39, 0.29) is 6.04 Å². The number of nitrogens with zero attached hydrogens (tertiary/aromatic N) is 4. The predicted octanol–water partition coefficient (Wildman–Crippen LogP) is 0.845.